The first kappa shape index (κ1) is 14.2. The van der Waals surface area contributed by atoms with E-state index in [9.17, 15) is 18.0 Å². The largest absolute Gasteiger partial charge is 0.405 e. The Labute approximate surface area is 101 Å². The van der Waals surface area contributed by atoms with Gasteiger partial charge in [0.1, 0.15) is 6.54 Å². The molecule has 2 amide bonds. The van der Waals surface area contributed by atoms with E-state index in [1.165, 1.54) is 12.4 Å². The minimum absolute atomic E-state index is 0.0981. The van der Waals surface area contributed by atoms with Crippen LogP contribution in [0.4, 0.5) is 23.9 Å². The lowest BCUT2D eigenvalue weighted by Crippen LogP contribution is -2.37. The average Bonchev–Trinajstić information content (AvgIpc) is 2.26. The summed E-state index contributed by atoms with van der Waals surface area (Å²) in [5, 5.41) is 3.70. The van der Waals surface area contributed by atoms with Crippen LogP contribution in [-0.4, -0.2) is 28.7 Å². The lowest BCUT2D eigenvalue weighted by Gasteiger charge is -2.09. The number of alkyl halides is 3. The number of nitrogens with one attached hydrogen (secondary N) is 2. The van der Waals surface area contributed by atoms with Gasteiger partial charge in [-0.2, -0.15) is 13.2 Å². The molecular formula is C9H12F3N5O. The fourth-order valence-electron chi connectivity index (χ4n) is 0.964. The van der Waals surface area contributed by atoms with Crippen molar-refractivity contribution >= 4 is 12.0 Å². The number of hydrogen-bond acceptors (Lipinski definition) is 4. The number of aromatic nitrogens is 2. The zero-order valence-corrected chi connectivity index (χ0v) is 9.45. The van der Waals surface area contributed by atoms with Crippen molar-refractivity contribution in [3.63, 3.8) is 0 Å². The average molecular weight is 263 g/mol. The van der Waals surface area contributed by atoms with E-state index in [-0.39, 0.29) is 12.0 Å². The van der Waals surface area contributed by atoms with Gasteiger partial charge < -0.3 is 11.1 Å². The maximum absolute atomic E-state index is 11.8. The zero-order chi connectivity index (χ0) is 13.8. The smallest absolute Gasteiger partial charge is 0.329 e. The van der Waals surface area contributed by atoms with Gasteiger partial charge in [0.2, 0.25) is 5.95 Å². The minimum atomic E-state index is -4.46. The highest BCUT2D eigenvalue weighted by atomic mass is 19.4. The zero-order valence-electron chi connectivity index (χ0n) is 9.45. The van der Waals surface area contributed by atoms with Crippen molar-refractivity contribution in [2.24, 2.45) is 5.73 Å². The number of anilines is 1. The highest BCUT2D eigenvalue weighted by Crippen LogP contribution is 2.12. The van der Waals surface area contributed by atoms with Gasteiger partial charge in [-0.3, -0.25) is 5.32 Å². The Balaban J connectivity index is 2.50. The molecule has 0 saturated carbocycles. The molecule has 1 aromatic rings. The molecule has 1 atom stereocenters. The lowest BCUT2D eigenvalue weighted by molar-refractivity contribution is -0.122. The molecule has 1 aromatic heterocycles. The van der Waals surface area contributed by atoms with E-state index in [4.69, 9.17) is 5.73 Å². The van der Waals surface area contributed by atoms with Crippen LogP contribution in [0.5, 0.6) is 0 Å². The topological polar surface area (TPSA) is 92.9 Å². The van der Waals surface area contributed by atoms with Crippen LogP contribution in [0.1, 0.15) is 18.5 Å². The van der Waals surface area contributed by atoms with Crippen molar-refractivity contribution in [2.45, 2.75) is 19.1 Å². The number of nitrogens with zero attached hydrogens (tertiary/aromatic N) is 2. The molecule has 1 rings (SSSR count). The Morgan fingerprint density at radius 1 is 1.44 bits per heavy atom. The van der Waals surface area contributed by atoms with Crippen LogP contribution in [0, 0.1) is 0 Å². The van der Waals surface area contributed by atoms with Crippen molar-refractivity contribution in [1.29, 1.82) is 0 Å². The number of rotatable bonds is 3. The third-order valence-electron chi connectivity index (χ3n) is 1.87. The summed E-state index contributed by atoms with van der Waals surface area (Å²) in [6, 6.07) is -1.29. The Kier molecular flexibility index (Phi) is 4.43. The van der Waals surface area contributed by atoms with Gasteiger partial charge >= 0.3 is 12.2 Å². The number of urea groups is 1. The van der Waals surface area contributed by atoms with Gasteiger partial charge in [0.25, 0.3) is 0 Å². The fourth-order valence-corrected chi connectivity index (χ4v) is 0.964. The normalized spacial score (nSPS) is 12.9. The maximum Gasteiger partial charge on any atom is 0.405 e. The molecule has 0 saturated heterocycles. The fraction of sp³-hybridized carbons (Fsp3) is 0.444. The summed E-state index contributed by atoms with van der Waals surface area (Å²) in [5.41, 5.74) is 6.21. The molecule has 0 bridgehead atoms. The molecular weight excluding hydrogens is 251 g/mol. The van der Waals surface area contributed by atoms with Crippen molar-refractivity contribution in [3.05, 3.63) is 18.0 Å². The van der Waals surface area contributed by atoms with Gasteiger partial charge in [0.15, 0.2) is 0 Å². The Bertz CT molecular complexity index is 404. The van der Waals surface area contributed by atoms with Crippen LogP contribution >= 0.6 is 0 Å². The van der Waals surface area contributed by atoms with Crippen LogP contribution < -0.4 is 16.4 Å². The molecule has 1 unspecified atom stereocenters. The second kappa shape index (κ2) is 5.63. The van der Waals surface area contributed by atoms with Gasteiger partial charge in [-0.25, -0.2) is 14.8 Å². The first-order valence-electron chi connectivity index (χ1n) is 4.97. The molecule has 100 valence electrons. The van der Waals surface area contributed by atoms with E-state index >= 15 is 0 Å². The summed E-state index contributed by atoms with van der Waals surface area (Å²) in [5.74, 6) is -0.0981. The molecule has 6 nitrogen and oxygen atoms in total. The summed E-state index contributed by atoms with van der Waals surface area (Å²) in [4.78, 5) is 18.5. The molecule has 0 spiro atoms. The third kappa shape index (κ3) is 4.95. The van der Waals surface area contributed by atoms with Gasteiger partial charge in [0, 0.05) is 24.0 Å². The number of carbonyl (C=O) groups is 1. The van der Waals surface area contributed by atoms with Crippen molar-refractivity contribution in [3.8, 4) is 0 Å². The van der Waals surface area contributed by atoms with Gasteiger partial charge in [-0.1, -0.05) is 0 Å². The SMILES string of the molecule is CC(N)c1cnc(NC(=O)NCC(F)(F)F)nc1. The van der Waals surface area contributed by atoms with Crippen LogP contribution in [-0.2, 0) is 0 Å². The molecule has 0 aliphatic heterocycles. The molecule has 1 heterocycles. The van der Waals surface area contributed by atoms with Crippen LogP contribution in [0.2, 0.25) is 0 Å². The molecule has 4 N–H and O–H groups in total. The highest BCUT2D eigenvalue weighted by molar-refractivity contribution is 5.87. The van der Waals surface area contributed by atoms with Gasteiger partial charge in [0.05, 0.1) is 0 Å². The molecule has 0 aliphatic rings. The number of amides is 2. The molecule has 18 heavy (non-hydrogen) atoms. The number of hydrogen-bond donors (Lipinski definition) is 3. The van der Waals surface area contributed by atoms with Crippen molar-refractivity contribution in [2.75, 3.05) is 11.9 Å². The first-order valence-corrected chi connectivity index (χ1v) is 4.97. The van der Waals surface area contributed by atoms with Crippen molar-refractivity contribution < 1.29 is 18.0 Å². The molecule has 0 radical (unpaired) electrons. The summed E-state index contributed by atoms with van der Waals surface area (Å²) in [6.07, 6.45) is -1.69. The highest BCUT2D eigenvalue weighted by Gasteiger charge is 2.27. The molecule has 0 fully saturated rings. The van der Waals surface area contributed by atoms with Crippen LogP contribution in [0.15, 0.2) is 12.4 Å². The number of nitrogens with two attached hydrogens (primary N) is 1. The number of halogens is 3. The summed E-state index contributed by atoms with van der Waals surface area (Å²) in [6.45, 7) is 0.304. The van der Waals surface area contributed by atoms with E-state index < -0.39 is 18.8 Å². The second-order valence-corrected chi connectivity index (χ2v) is 3.55. The standard InChI is InChI=1S/C9H12F3N5O/c1-5(13)6-2-14-7(15-3-6)17-8(18)16-4-9(10,11)12/h2-3,5H,4,13H2,1H3,(H2,14,15,16,17,18). The van der Waals surface area contributed by atoms with E-state index in [1.807, 2.05) is 0 Å². The molecule has 0 aliphatic carbocycles. The predicted octanol–water partition coefficient (Wildman–Crippen LogP) is 1.18. The Hall–Kier alpha value is -1.90. The Morgan fingerprint density at radius 2 is 2.00 bits per heavy atom. The predicted molar refractivity (Wildman–Crippen MR) is 57.7 cm³/mol. The van der Waals surface area contributed by atoms with Gasteiger partial charge in [-0.15, -0.1) is 0 Å². The summed E-state index contributed by atoms with van der Waals surface area (Å²) >= 11 is 0. The van der Waals surface area contributed by atoms with Crippen molar-refractivity contribution in [1.82, 2.24) is 15.3 Å². The summed E-state index contributed by atoms with van der Waals surface area (Å²) < 4.78 is 35.4. The van der Waals surface area contributed by atoms with E-state index in [0.29, 0.717) is 5.56 Å². The third-order valence-corrected chi connectivity index (χ3v) is 1.87. The second-order valence-electron chi connectivity index (χ2n) is 3.55. The van der Waals surface area contributed by atoms with Crippen LogP contribution in [0.3, 0.4) is 0 Å². The minimum Gasteiger partial charge on any atom is -0.329 e. The van der Waals surface area contributed by atoms with E-state index in [0.717, 1.165) is 0 Å². The van der Waals surface area contributed by atoms with Crippen LogP contribution in [0.25, 0.3) is 0 Å². The van der Waals surface area contributed by atoms with E-state index in [2.05, 4.69) is 15.3 Å². The molecule has 9 heteroatoms. The monoisotopic (exact) mass is 263 g/mol. The number of carbonyl (C=O) groups excluding carboxylic acids is 1. The quantitative estimate of drug-likeness (QED) is 0.763. The van der Waals surface area contributed by atoms with Gasteiger partial charge in [-0.05, 0) is 6.92 Å². The lowest BCUT2D eigenvalue weighted by atomic mass is 10.2. The first-order chi connectivity index (χ1) is 8.28. The molecule has 0 aromatic carbocycles. The maximum atomic E-state index is 11.8. The van der Waals surface area contributed by atoms with E-state index in [1.54, 1.807) is 12.2 Å². The summed E-state index contributed by atoms with van der Waals surface area (Å²) in [7, 11) is 0. The Morgan fingerprint density at radius 3 is 2.44 bits per heavy atom.